The van der Waals surface area contributed by atoms with E-state index in [0.717, 1.165) is 12.0 Å². The predicted molar refractivity (Wildman–Crippen MR) is 88.4 cm³/mol. The summed E-state index contributed by atoms with van der Waals surface area (Å²) in [4.78, 5) is 0. The van der Waals surface area contributed by atoms with Gasteiger partial charge in [-0.1, -0.05) is 61.5 Å². The second kappa shape index (κ2) is 4.99. The molecular weight excluding hydrogens is 254 g/mol. The summed E-state index contributed by atoms with van der Waals surface area (Å²) in [5.41, 5.74) is 4.52. The molecule has 4 rings (SSSR count). The van der Waals surface area contributed by atoms with Crippen LogP contribution >= 0.6 is 0 Å². The standard InChI is InChI=1S/C20H23N/c1-20(13-18(20)14-21-19-11-12-19)17-9-7-16(8-10-17)15-5-3-2-4-6-15/h2-10,18-19,21H,11-14H2,1H3. The molecule has 0 spiro atoms. The zero-order valence-electron chi connectivity index (χ0n) is 12.7. The normalized spacial score (nSPS) is 27.6. The Kier molecular flexibility index (Phi) is 3.11. The van der Waals surface area contributed by atoms with Gasteiger partial charge in [-0.3, -0.25) is 0 Å². The van der Waals surface area contributed by atoms with Crippen LogP contribution in [0.3, 0.4) is 0 Å². The highest BCUT2D eigenvalue weighted by Gasteiger charge is 2.50. The van der Waals surface area contributed by atoms with Crippen LogP contribution in [-0.2, 0) is 5.41 Å². The van der Waals surface area contributed by atoms with Crippen LogP contribution in [0.15, 0.2) is 54.6 Å². The van der Waals surface area contributed by atoms with E-state index in [1.165, 1.54) is 42.5 Å². The molecule has 21 heavy (non-hydrogen) atoms. The highest BCUT2D eigenvalue weighted by molar-refractivity contribution is 5.63. The maximum absolute atomic E-state index is 3.68. The van der Waals surface area contributed by atoms with Gasteiger partial charge in [0.1, 0.15) is 0 Å². The van der Waals surface area contributed by atoms with Crippen molar-refractivity contribution in [3.63, 3.8) is 0 Å². The van der Waals surface area contributed by atoms with Gasteiger partial charge in [0.25, 0.3) is 0 Å². The lowest BCUT2D eigenvalue weighted by Gasteiger charge is -2.13. The van der Waals surface area contributed by atoms with Gasteiger partial charge in [-0.25, -0.2) is 0 Å². The molecule has 2 aliphatic carbocycles. The minimum Gasteiger partial charge on any atom is -0.314 e. The summed E-state index contributed by atoms with van der Waals surface area (Å²) < 4.78 is 0. The largest absolute Gasteiger partial charge is 0.314 e. The van der Waals surface area contributed by atoms with Gasteiger partial charge in [0.2, 0.25) is 0 Å². The molecule has 1 N–H and O–H groups in total. The van der Waals surface area contributed by atoms with Crippen molar-refractivity contribution in [2.45, 2.75) is 37.6 Å². The monoisotopic (exact) mass is 277 g/mol. The van der Waals surface area contributed by atoms with Crippen LogP contribution in [0, 0.1) is 5.92 Å². The molecule has 0 amide bonds. The Bertz CT molecular complexity index is 612. The van der Waals surface area contributed by atoms with E-state index in [2.05, 4.69) is 66.8 Å². The van der Waals surface area contributed by atoms with Crippen LogP contribution in [0.5, 0.6) is 0 Å². The molecular formula is C20H23N. The highest BCUT2D eigenvalue weighted by Crippen LogP contribution is 2.53. The van der Waals surface area contributed by atoms with Crippen molar-refractivity contribution in [2.24, 2.45) is 5.92 Å². The van der Waals surface area contributed by atoms with E-state index in [1.54, 1.807) is 0 Å². The van der Waals surface area contributed by atoms with Gasteiger partial charge in [0.15, 0.2) is 0 Å². The molecule has 1 nitrogen and oxygen atoms in total. The van der Waals surface area contributed by atoms with Crippen LogP contribution in [0.25, 0.3) is 11.1 Å². The van der Waals surface area contributed by atoms with Gasteiger partial charge in [0, 0.05) is 6.04 Å². The Morgan fingerprint density at radius 3 is 2.29 bits per heavy atom. The fraction of sp³-hybridized carbons (Fsp3) is 0.400. The highest BCUT2D eigenvalue weighted by atomic mass is 15.0. The van der Waals surface area contributed by atoms with Crippen LogP contribution < -0.4 is 5.32 Å². The minimum atomic E-state index is 0.400. The Hall–Kier alpha value is -1.60. The number of nitrogens with one attached hydrogen (secondary N) is 1. The van der Waals surface area contributed by atoms with E-state index in [0.29, 0.717) is 5.41 Å². The summed E-state index contributed by atoms with van der Waals surface area (Å²) in [7, 11) is 0. The lowest BCUT2D eigenvalue weighted by Crippen LogP contribution is -2.22. The van der Waals surface area contributed by atoms with Gasteiger partial charge in [0.05, 0.1) is 0 Å². The van der Waals surface area contributed by atoms with Crippen molar-refractivity contribution >= 4 is 0 Å². The number of benzene rings is 2. The summed E-state index contributed by atoms with van der Waals surface area (Å²) >= 11 is 0. The third-order valence-electron chi connectivity index (χ3n) is 5.29. The van der Waals surface area contributed by atoms with Crippen molar-refractivity contribution in [1.29, 1.82) is 0 Å². The molecule has 2 aromatic rings. The van der Waals surface area contributed by atoms with E-state index in [1.807, 2.05) is 0 Å². The predicted octanol–water partition coefficient (Wildman–Crippen LogP) is 4.38. The second-order valence-electron chi connectivity index (χ2n) is 6.94. The fourth-order valence-electron chi connectivity index (χ4n) is 3.37. The molecule has 0 radical (unpaired) electrons. The first-order valence-electron chi connectivity index (χ1n) is 8.15. The van der Waals surface area contributed by atoms with E-state index < -0.39 is 0 Å². The van der Waals surface area contributed by atoms with Crippen molar-refractivity contribution in [3.8, 4) is 11.1 Å². The molecule has 2 saturated carbocycles. The van der Waals surface area contributed by atoms with E-state index in [-0.39, 0.29) is 0 Å². The number of hydrogen-bond donors (Lipinski definition) is 1. The van der Waals surface area contributed by atoms with Gasteiger partial charge in [-0.15, -0.1) is 0 Å². The lowest BCUT2D eigenvalue weighted by molar-refractivity contribution is 0.576. The summed E-state index contributed by atoms with van der Waals surface area (Å²) in [5, 5.41) is 3.68. The zero-order valence-corrected chi connectivity index (χ0v) is 12.7. The quantitative estimate of drug-likeness (QED) is 0.855. The van der Waals surface area contributed by atoms with Crippen molar-refractivity contribution in [2.75, 3.05) is 6.54 Å². The van der Waals surface area contributed by atoms with E-state index in [4.69, 9.17) is 0 Å². The maximum Gasteiger partial charge on any atom is 0.00683 e. The summed E-state index contributed by atoms with van der Waals surface area (Å²) in [6.07, 6.45) is 4.10. The van der Waals surface area contributed by atoms with Crippen LogP contribution in [-0.4, -0.2) is 12.6 Å². The summed E-state index contributed by atoms with van der Waals surface area (Å²) in [5.74, 6) is 0.820. The Morgan fingerprint density at radius 1 is 0.952 bits per heavy atom. The molecule has 2 aromatic carbocycles. The van der Waals surface area contributed by atoms with Gasteiger partial charge in [-0.05, 0) is 53.8 Å². The first-order valence-corrected chi connectivity index (χ1v) is 8.15. The topological polar surface area (TPSA) is 12.0 Å². The molecule has 108 valence electrons. The third kappa shape index (κ3) is 2.63. The molecule has 0 heterocycles. The average molecular weight is 277 g/mol. The molecule has 1 heteroatoms. The van der Waals surface area contributed by atoms with Crippen molar-refractivity contribution < 1.29 is 0 Å². The molecule has 0 bridgehead atoms. The molecule has 0 aromatic heterocycles. The molecule has 2 atom stereocenters. The van der Waals surface area contributed by atoms with Gasteiger partial charge < -0.3 is 5.32 Å². The minimum absolute atomic E-state index is 0.400. The second-order valence-corrected chi connectivity index (χ2v) is 6.94. The number of hydrogen-bond acceptors (Lipinski definition) is 1. The molecule has 2 unspecified atom stereocenters. The van der Waals surface area contributed by atoms with Gasteiger partial charge >= 0.3 is 0 Å². The Labute approximate surface area is 127 Å². The molecule has 2 fully saturated rings. The zero-order chi connectivity index (χ0) is 14.3. The smallest absolute Gasteiger partial charge is 0.00683 e. The van der Waals surface area contributed by atoms with Crippen LogP contribution in [0.4, 0.5) is 0 Å². The summed E-state index contributed by atoms with van der Waals surface area (Å²) in [6.45, 7) is 3.62. The third-order valence-corrected chi connectivity index (χ3v) is 5.29. The molecule has 0 aliphatic heterocycles. The Morgan fingerprint density at radius 2 is 1.62 bits per heavy atom. The van der Waals surface area contributed by atoms with E-state index >= 15 is 0 Å². The fourth-order valence-corrected chi connectivity index (χ4v) is 3.37. The van der Waals surface area contributed by atoms with Crippen molar-refractivity contribution in [3.05, 3.63) is 60.2 Å². The van der Waals surface area contributed by atoms with Crippen molar-refractivity contribution in [1.82, 2.24) is 5.32 Å². The lowest BCUT2D eigenvalue weighted by atomic mass is 9.93. The Balaban J connectivity index is 1.46. The average Bonchev–Trinajstić information content (AvgIpc) is 3.44. The summed E-state index contributed by atoms with van der Waals surface area (Å²) in [6, 6.07) is 20.7. The van der Waals surface area contributed by atoms with Gasteiger partial charge in [-0.2, -0.15) is 0 Å². The maximum atomic E-state index is 3.68. The first-order chi connectivity index (χ1) is 10.3. The molecule has 2 aliphatic rings. The molecule has 0 saturated heterocycles. The van der Waals surface area contributed by atoms with Crippen LogP contribution in [0.2, 0.25) is 0 Å². The van der Waals surface area contributed by atoms with Crippen LogP contribution in [0.1, 0.15) is 31.7 Å². The first kappa shape index (κ1) is 13.1. The SMILES string of the molecule is CC1(c2ccc(-c3ccccc3)cc2)CC1CNC1CC1. The number of rotatable bonds is 5. The van der Waals surface area contributed by atoms with E-state index in [9.17, 15) is 0 Å².